The van der Waals surface area contributed by atoms with Gasteiger partial charge in [0.2, 0.25) is 0 Å². The van der Waals surface area contributed by atoms with Gasteiger partial charge < -0.3 is 4.74 Å². The number of rotatable bonds is 0. The molecule has 0 amide bonds. The number of pyridine rings is 1. The monoisotopic (exact) mass is 177 g/mol. The van der Waals surface area contributed by atoms with Gasteiger partial charge in [0, 0.05) is 12.1 Å². The molecule has 13 heavy (non-hydrogen) atoms. The van der Waals surface area contributed by atoms with Crippen LogP contribution in [0.2, 0.25) is 0 Å². The number of carbonyl (C=O) groups excluding carboxylic acids is 1. The second kappa shape index (κ2) is 2.83. The molecule has 1 aliphatic heterocycles. The summed E-state index contributed by atoms with van der Waals surface area (Å²) in [6.07, 6.45) is 0.738. The van der Waals surface area contributed by atoms with Crippen molar-refractivity contribution in [1.29, 1.82) is 0 Å². The standard InChI is InChI=1S/C10H11NO2/c1-6-5-8-9(11-7(6)2)3-4-13-10(8)12/h5H,3-4H2,1-2H3. The summed E-state index contributed by atoms with van der Waals surface area (Å²) in [5.74, 6) is -0.239. The largest absolute Gasteiger partial charge is 0.462 e. The third-order valence-corrected chi connectivity index (χ3v) is 2.34. The van der Waals surface area contributed by atoms with Gasteiger partial charge in [-0.25, -0.2) is 4.79 Å². The number of nitrogens with zero attached hydrogens (tertiary/aromatic N) is 1. The molecule has 1 aromatic heterocycles. The molecule has 3 heteroatoms. The van der Waals surface area contributed by atoms with E-state index in [-0.39, 0.29) is 5.97 Å². The first kappa shape index (κ1) is 8.23. The van der Waals surface area contributed by atoms with Crippen molar-refractivity contribution in [2.45, 2.75) is 20.3 Å². The molecule has 0 fully saturated rings. The lowest BCUT2D eigenvalue weighted by Crippen LogP contribution is -2.19. The molecule has 1 aliphatic rings. The van der Waals surface area contributed by atoms with Gasteiger partial charge in [0.1, 0.15) is 0 Å². The van der Waals surface area contributed by atoms with Crippen molar-refractivity contribution in [3.8, 4) is 0 Å². The Balaban J connectivity index is 2.58. The quantitative estimate of drug-likeness (QED) is 0.562. The van der Waals surface area contributed by atoms with Crippen LogP contribution in [0, 0.1) is 13.8 Å². The molecule has 0 spiro atoms. The summed E-state index contributed by atoms with van der Waals surface area (Å²) in [7, 11) is 0. The Hall–Kier alpha value is -1.38. The minimum atomic E-state index is -0.239. The number of aryl methyl sites for hydroxylation is 2. The minimum absolute atomic E-state index is 0.239. The highest BCUT2D eigenvalue weighted by Crippen LogP contribution is 2.17. The maximum Gasteiger partial charge on any atom is 0.340 e. The number of hydrogen-bond acceptors (Lipinski definition) is 3. The molecule has 0 unspecified atom stereocenters. The molecule has 0 saturated carbocycles. The van der Waals surface area contributed by atoms with Crippen molar-refractivity contribution in [1.82, 2.24) is 4.98 Å². The van der Waals surface area contributed by atoms with Gasteiger partial charge >= 0.3 is 5.97 Å². The molecular weight excluding hydrogens is 166 g/mol. The number of aromatic nitrogens is 1. The SMILES string of the molecule is Cc1cc2c(nc1C)CCOC2=O. The van der Waals surface area contributed by atoms with Crippen molar-refractivity contribution in [3.63, 3.8) is 0 Å². The number of cyclic esters (lactones) is 1. The van der Waals surface area contributed by atoms with E-state index in [1.807, 2.05) is 19.9 Å². The molecule has 1 aromatic rings. The maximum atomic E-state index is 11.3. The lowest BCUT2D eigenvalue weighted by molar-refractivity contribution is 0.0477. The Labute approximate surface area is 76.7 Å². The smallest absolute Gasteiger partial charge is 0.340 e. The van der Waals surface area contributed by atoms with Gasteiger partial charge in [-0.3, -0.25) is 4.98 Å². The third kappa shape index (κ3) is 1.30. The van der Waals surface area contributed by atoms with Gasteiger partial charge in [-0.15, -0.1) is 0 Å². The average molecular weight is 177 g/mol. The molecule has 0 aromatic carbocycles. The number of ether oxygens (including phenoxy) is 1. The highest BCUT2D eigenvalue weighted by atomic mass is 16.5. The third-order valence-electron chi connectivity index (χ3n) is 2.34. The van der Waals surface area contributed by atoms with Gasteiger partial charge in [-0.2, -0.15) is 0 Å². The van der Waals surface area contributed by atoms with E-state index < -0.39 is 0 Å². The Morgan fingerprint density at radius 2 is 2.23 bits per heavy atom. The van der Waals surface area contributed by atoms with Gasteiger partial charge in [-0.1, -0.05) is 0 Å². The molecule has 2 rings (SSSR count). The highest BCUT2D eigenvalue weighted by molar-refractivity contribution is 5.91. The molecule has 2 heterocycles. The van der Waals surface area contributed by atoms with Crippen molar-refractivity contribution in [2.75, 3.05) is 6.61 Å². The van der Waals surface area contributed by atoms with Crippen molar-refractivity contribution < 1.29 is 9.53 Å². The Bertz CT molecular complexity index is 371. The summed E-state index contributed by atoms with van der Waals surface area (Å²) >= 11 is 0. The van der Waals surface area contributed by atoms with Crippen LogP contribution in [0.25, 0.3) is 0 Å². The number of hydrogen-bond donors (Lipinski definition) is 0. The molecule has 0 aliphatic carbocycles. The van der Waals surface area contributed by atoms with Crippen LogP contribution in [0.4, 0.5) is 0 Å². The lowest BCUT2D eigenvalue weighted by Gasteiger charge is -2.15. The molecule has 0 saturated heterocycles. The molecule has 0 atom stereocenters. The molecule has 0 bridgehead atoms. The zero-order valence-corrected chi connectivity index (χ0v) is 7.76. The highest BCUT2D eigenvalue weighted by Gasteiger charge is 2.20. The topological polar surface area (TPSA) is 39.2 Å². The van der Waals surface area contributed by atoms with Crippen LogP contribution in [-0.2, 0) is 11.2 Å². The van der Waals surface area contributed by atoms with Gasteiger partial charge in [0.25, 0.3) is 0 Å². The molecule has 0 N–H and O–H groups in total. The lowest BCUT2D eigenvalue weighted by atomic mass is 10.1. The summed E-state index contributed by atoms with van der Waals surface area (Å²) in [4.78, 5) is 15.6. The van der Waals surface area contributed by atoms with E-state index in [4.69, 9.17) is 4.74 Å². The van der Waals surface area contributed by atoms with E-state index in [1.54, 1.807) is 0 Å². The van der Waals surface area contributed by atoms with Crippen molar-refractivity contribution >= 4 is 5.97 Å². The normalized spacial score (nSPS) is 15.1. The second-order valence-electron chi connectivity index (χ2n) is 3.27. The van der Waals surface area contributed by atoms with Gasteiger partial charge in [0.05, 0.1) is 17.9 Å². The molecule has 0 radical (unpaired) electrons. The Morgan fingerprint density at radius 3 is 3.00 bits per heavy atom. The predicted octanol–water partition coefficient (Wildman–Crippen LogP) is 1.41. The van der Waals surface area contributed by atoms with E-state index in [0.29, 0.717) is 12.2 Å². The van der Waals surface area contributed by atoms with Crippen molar-refractivity contribution in [3.05, 3.63) is 28.6 Å². The summed E-state index contributed by atoms with van der Waals surface area (Å²) in [6.45, 7) is 4.36. The molecule has 68 valence electrons. The van der Waals surface area contributed by atoms with Crippen LogP contribution in [0.3, 0.4) is 0 Å². The fourth-order valence-electron chi connectivity index (χ4n) is 1.44. The first-order valence-electron chi connectivity index (χ1n) is 4.33. The Kier molecular flexibility index (Phi) is 1.79. The van der Waals surface area contributed by atoms with E-state index in [1.165, 1.54) is 0 Å². The average Bonchev–Trinajstić information content (AvgIpc) is 2.09. The fourth-order valence-corrected chi connectivity index (χ4v) is 1.44. The first-order valence-corrected chi connectivity index (χ1v) is 4.33. The van der Waals surface area contributed by atoms with E-state index in [0.717, 1.165) is 23.4 Å². The number of esters is 1. The van der Waals surface area contributed by atoms with E-state index in [9.17, 15) is 4.79 Å². The van der Waals surface area contributed by atoms with E-state index in [2.05, 4.69) is 4.98 Å². The summed E-state index contributed by atoms with van der Waals surface area (Å²) in [5, 5.41) is 0. The van der Waals surface area contributed by atoms with Gasteiger partial charge in [-0.05, 0) is 25.5 Å². The van der Waals surface area contributed by atoms with Crippen molar-refractivity contribution in [2.24, 2.45) is 0 Å². The van der Waals surface area contributed by atoms with Crippen LogP contribution >= 0.6 is 0 Å². The Morgan fingerprint density at radius 1 is 1.46 bits per heavy atom. The second-order valence-corrected chi connectivity index (χ2v) is 3.27. The van der Waals surface area contributed by atoms with Gasteiger partial charge in [0.15, 0.2) is 0 Å². The summed E-state index contributed by atoms with van der Waals surface area (Å²) in [5.41, 5.74) is 3.54. The molecular formula is C10H11NO2. The maximum absolute atomic E-state index is 11.3. The number of carbonyl (C=O) groups is 1. The summed E-state index contributed by atoms with van der Waals surface area (Å²) in [6, 6.07) is 1.86. The van der Waals surface area contributed by atoms with Crippen LogP contribution < -0.4 is 0 Å². The minimum Gasteiger partial charge on any atom is -0.462 e. The fraction of sp³-hybridized carbons (Fsp3) is 0.400. The van der Waals surface area contributed by atoms with E-state index >= 15 is 0 Å². The number of fused-ring (bicyclic) bond motifs is 1. The zero-order chi connectivity index (χ0) is 9.42. The first-order chi connectivity index (χ1) is 6.18. The van der Waals surface area contributed by atoms with Crippen LogP contribution in [-0.4, -0.2) is 17.6 Å². The predicted molar refractivity (Wildman–Crippen MR) is 47.7 cm³/mol. The zero-order valence-electron chi connectivity index (χ0n) is 7.76. The summed E-state index contributed by atoms with van der Waals surface area (Å²) < 4.78 is 4.92. The van der Waals surface area contributed by atoms with Crippen LogP contribution in [0.15, 0.2) is 6.07 Å². The molecule has 3 nitrogen and oxygen atoms in total. The van der Waals surface area contributed by atoms with Crippen LogP contribution in [0.1, 0.15) is 27.3 Å². The van der Waals surface area contributed by atoms with Crippen LogP contribution in [0.5, 0.6) is 0 Å².